The van der Waals surface area contributed by atoms with Gasteiger partial charge in [0.05, 0.1) is 5.69 Å². The summed E-state index contributed by atoms with van der Waals surface area (Å²) in [6.45, 7) is 3.06. The molecule has 0 aliphatic heterocycles. The van der Waals surface area contributed by atoms with Gasteiger partial charge in [0.15, 0.2) is 5.82 Å². The van der Waals surface area contributed by atoms with Crippen LogP contribution >= 0.6 is 0 Å². The average Bonchev–Trinajstić information content (AvgIpc) is 3.04. The normalized spacial score (nSPS) is 22.3. The summed E-state index contributed by atoms with van der Waals surface area (Å²) in [5.41, 5.74) is 6.29. The van der Waals surface area contributed by atoms with E-state index in [1.165, 1.54) is 25.3 Å². The molecular formula is C14H18FN5. The molecule has 0 radical (unpaired) electrons. The number of halogens is 1. The molecule has 2 aromatic rings. The van der Waals surface area contributed by atoms with Crippen LogP contribution in [0, 0.1) is 17.7 Å². The van der Waals surface area contributed by atoms with Gasteiger partial charge in [-0.25, -0.2) is 9.07 Å². The van der Waals surface area contributed by atoms with Gasteiger partial charge in [0.2, 0.25) is 0 Å². The zero-order valence-electron chi connectivity index (χ0n) is 11.5. The fourth-order valence-corrected chi connectivity index (χ4v) is 2.92. The molecule has 1 aliphatic carbocycles. The lowest BCUT2D eigenvalue weighted by molar-refractivity contribution is 0.346. The lowest BCUT2D eigenvalue weighted by atomic mass is 9.98. The second-order valence-electron chi connectivity index (χ2n) is 5.59. The minimum Gasteiger partial charge on any atom is -0.396 e. The molecule has 0 spiro atoms. The van der Waals surface area contributed by atoms with E-state index in [-0.39, 0.29) is 5.69 Å². The molecule has 6 heteroatoms. The first-order valence-corrected chi connectivity index (χ1v) is 6.96. The molecule has 106 valence electrons. The number of tetrazole rings is 1. The highest BCUT2D eigenvalue weighted by Crippen LogP contribution is 2.33. The predicted molar refractivity (Wildman–Crippen MR) is 74.1 cm³/mol. The number of nitrogens with two attached hydrogens (primary N) is 1. The summed E-state index contributed by atoms with van der Waals surface area (Å²) in [4.78, 5) is 0. The summed E-state index contributed by atoms with van der Waals surface area (Å²) in [6.07, 6.45) is 3.73. The van der Waals surface area contributed by atoms with Crippen molar-refractivity contribution < 1.29 is 4.39 Å². The molecule has 1 aliphatic rings. The third-order valence-electron chi connectivity index (χ3n) is 4.24. The highest BCUT2D eigenvalue weighted by molar-refractivity contribution is 5.59. The summed E-state index contributed by atoms with van der Waals surface area (Å²) >= 11 is 0. The van der Waals surface area contributed by atoms with Crippen LogP contribution in [0.2, 0.25) is 0 Å². The van der Waals surface area contributed by atoms with Crippen LogP contribution < -0.4 is 5.73 Å². The van der Waals surface area contributed by atoms with Crippen molar-refractivity contribution in [3.05, 3.63) is 24.0 Å². The second-order valence-corrected chi connectivity index (χ2v) is 5.59. The first kappa shape index (κ1) is 13.0. The molecule has 2 atom stereocenters. The average molecular weight is 275 g/mol. The predicted octanol–water partition coefficient (Wildman–Crippen LogP) is 2.50. The van der Waals surface area contributed by atoms with E-state index in [0.29, 0.717) is 23.2 Å². The van der Waals surface area contributed by atoms with Gasteiger partial charge >= 0.3 is 0 Å². The number of hydrogen-bond donors (Lipinski definition) is 1. The van der Waals surface area contributed by atoms with Crippen molar-refractivity contribution in [3.8, 4) is 11.4 Å². The minimum atomic E-state index is -0.439. The molecule has 0 amide bonds. The van der Waals surface area contributed by atoms with E-state index in [2.05, 4.69) is 22.4 Å². The third-order valence-corrected chi connectivity index (χ3v) is 4.24. The minimum absolute atomic E-state index is 0.136. The summed E-state index contributed by atoms with van der Waals surface area (Å²) in [5.74, 6) is 1.44. The topological polar surface area (TPSA) is 69.6 Å². The molecule has 1 aromatic heterocycles. The molecule has 1 heterocycles. The third kappa shape index (κ3) is 2.37. The molecule has 5 nitrogen and oxygen atoms in total. The fraction of sp³-hybridized carbons (Fsp3) is 0.500. The van der Waals surface area contributed by atoms with E-state index < -0.39 is 5.82 Å². The van der Waals surface area contributed by atoms with E-state index in [1.807, 2.05) is 0 Å². The van der Waals surface area contributed by atoms with Gasteiger partial charge in [0.25, 0.3) is 0 Å². The van der Waals surface area contributed by atoms with Crippen LogP contribution in [0.25, 0.3) is 11.4 Å². The Hall–Kier alpha value is -1.98. The number of nitrogens with zero attached hydrogens (tertiary/aromatic N) is 4. The summed E-state index contributed by atoms with van der Waals surface area (Å²) in [5, 5.41) is 11.8. The first-order valence-electron chi connectivity index (χ1n) is 6.96. The largest absolute Gasteiger partial charge is 0.396 e. The number of hydrogen-bond acceptors (Lipinski definition) is 4. The van der Waals surface area contributed by atoms with Gasteiger partial charge in [-0.1, -0.05) is 19.8 Å². The smallest absolute Gasteiger partial charge is 0.182 e. The summed E-state index contributed by atoms with van der Waals surface area (Å²) < 4.78 is 15.3. The van der Waals surface area contributed by atoms with Crippen molar-refractivity contribution in [3.63, 3.8) is 0 Å². The molecule has 1 aromatic carbocycles. The monoisotopic (exact) mass is 275 g/mol. The van der Waals surface area contributed by atoms with Crippen molar-refractivity contribution in [1.82, 2.24) is 20.2 Å². The standard InChI is InChI=1S/C14H18FN5/c1-9-3-2-4-11(9)8-20-14(17-18-19-20)10-5-6-13(16)12(15)7-10/h5-7,9,11H,2-4,8,16H2,1H3. The highest BCUT2D eigenvalue weighted by Gasteiger charge is 2.25. The van der Waals surface area contributed by atoms with Crippen molar-refractivity contribution >= 4 is 5.69 Å². The maximum Gasteiger partial charge on any atom is 0.182 e. The van der Waals surface area contributed by atoms with Gasteiger partial charge in [0.1, 0.15) is 5.82 Å². The van der Waals surface area contributed by atoms with Crippen LogP contribution in [-0.4, -0.2) is 20.2 Å². The van der Waals surface area contributed by atoms with Crippen LogP contribution in [0.4, 0.5) is 10.1 Å². The second kappa shape index (κ2) is 5.19. The van der Waals surface area contributed by atoms with E-state index in [1.54, 1.807) is 16.8 Å². The maximum absolute atomic E-state index is 13.6. The molecule has 1 fully saturated rings. The van der Waals surface area contributed by atoms with Gasteiger partial charge < -0.3 is 5.73 Å². The van der Waals surface area contributed by atoms with Crippen molar-refractivity contribution in [1.29, 1.82) is 0 Å². The Morgan fingerprint density at radius 2 is 2.25 bits per heavy atom. The molecule has 2 unspecified atom stereocenters. The maximum atomic E-state index is 13.6. The molecule has 2 N–H and O–H groups in total. The molecule has 20 heavy (non-hydrogen) atoms. The van der Waals surface area contributed by atoms with Crippen molar-refractivity contribution in [2.75, 3.05) is 5.73 Å². The summed E-state index contributed by atoms with van der Waals surface area (Å²) in [6, 6.07) is 4.68. The zero-order chi connectivity index (χ0) is 14.1. The van der Waals surface area contributed by atoms with Crippen LogP contribution in [0.1, 0.15) is 26.2 Å². The van der Waals surface area contributed by atoms with Crippen LogP contribution in [0.3, 0.4) is 0 Å². The van der Waals surface area contributed by atoms with E-state index in [4.69, 9.17) is 5.73 Å². The van der Waals surface area contributed by atoms with Crippen LogP contribution in [0.5, 0.6) is 0 Å². The fourth-order valence-electron chi connectivity index (χ4n) is 2.92. The van der Waals surface area contributed by atoms with E-state index in [9.17, 15) is 4.39 Å². The van der Waals surface area contributed by atoms with E-state index in [0.717, 1.165) is 6.54 Å². The molecule has 0 saturated heterocycles. The van der Waals surface area contributed by atoms with Crippen molar-refractivity contribution in [2.24, 2.45) is 11.8 Å². The summed E-state index contributed by atoms with van der Waals surface area (Å²) in [7, 11) is 0. The van der Waals surface area contributed by atoms with Crippen molar-refractivity contribution in [2.45, 2.75) is 32.7 Å². The lowest BCUT2D eigenvalue weighted by Gasteiger charge is -2.15. The van der Waals surface area contributed by atoms with Gasteiger partial charge in [0, 0.05) is 12.1 Å². The number of anilines is 1. The van der Waals surface area contributed by atoms with Crippen LogP contribution in [0.15, 0.2) is 18.2 Å². The Balaban J connectivity index is 1.87. The number of aromatic nitrogens is 4. The first-order chi connectivity index (χ1) is 9.65. The van der Waals surface area contributed by atoms with Gasteiger partial charge in [-0.2, -0.15) is 0 Å². The Labute approximate surface area is 117 Å². The zero-order valence-corrected chi connectivity index (χ0v) is 11.5. The Morgan fingerprint density at radius 1 is 1.40 bits per heavy atom. The number of nitrogen functional groups attached to an aromatic ring is 1. The molecule has 3 rings (SSSR count). The quantitative estimate of drug-likeness (QED) is 0.874. The van der Waals surface area contributed by atoms with Gasteiger partial charge in [-0.05, 0) is 46.9 Å². The van der Waals surface area contributed by atoms with Gasteiger partial charge in [-0.3, -0.25) is 0 Å². The number of benzene rings is 1. The molecular weight excluding hydrogens is 257 g/mol. The Kier molecular flexibility index (Phi) is 3.38. The van der Waals surface area contributed by atoms with E-state index >= 15 is 0 Å². The van der Waals surface area contributed by atoms with Gasteiger partial charge in [-0.15, -0.1) is 5.10 Å². The Morgan fingerprint density at radius 3 is 2.95 bits per heavy atom. The highest BCUT2D eigenvalue weighted by atomic mass is 19.1. The lowest BCUT2D eigenvalue weighted by Crippen LogP contribution is -2.15. The SMILES string of the molecule is CC1CCCC1Cn1nnnc1-c1ccc(N)c(F)c1. The Bertz CT molecular complexity index is 609. The molecule has 1 saturated carbocycles. The number of rotatable bonds is 3. The van der Waals surface area contributed by atoms with Crippen LogP contribution in [-0.2, 0) is 6.54 Å². The molecule has 0 bridgehead atoms.